The molecule has 232 valence electrons. The fraction of sp³-hybridized carbons (Fsp3) is 0.0690. The number of aromatic nitrogens is 4. The number of ketones is 1. The van der Waals surface area contributed by atoms with Crippen molar-refractivity contribution < 1.29 is 26.6 Å². The average molecular weight is 752 g/mol. The van der Waals surface area contributed by atoms with E-state index in [2.05, 4.69) is 5.10 Å². The van der Waals surface area contributed by atoms with Crippen molar-refractivity contribution in [2.24, 2.45) is 0 Å². The molecule has 0 unspecified atom stereocenters. The van der Waals surface area contributed by atoms with Gasteiger partial charge >= 0.3 is 10.1 Å². The van der Waals surface area contributed by atoms with Crippen LogP contribution in [0.25, 0.3) is 54.1 Å². The molecule has 0 amide bonds. The Morgan fingerprint density at radius 1 is 0.783 bits per heavy atom. The maximum absolute atomic E-state index is 13.7. The molecule has 2 aromatic carbocycles. The molecule has 0 aliphatic heterocycles. The molecule has 6 aromatic heterocycles. The van der Waals surface area contributed by atoms with Gasteiger partial charge in [0.15, 0.2) is 15.4 Å². The van der Waals surface area contributed by atoms with Gasteiger partial charge in [0, 0.05) is 16.1 Å². The third-order valence-corrected chi connectivity index (χ3v) is 11.6. The SMILES string of the molecule is O=C(Cc1nn(-c2ccc(Cl)cc2Cl)c2c1oc1ccsc12)Cc1nn(-c2ccc(Cl)cc2Cl)c2c1oc1cc(S(=O)(=O)O)sc12. The molecule has 0 aliphatic carbocycles. The van der Waals surface area contributed by atoms with Crippen LogP contribution in [0.1, 0.15) is 11.4 Å². The van der Waals surface area contributed by atoms with Gasteiger partial charge in [-0.1, -0.05) is 46.4 Å². The van der Waals surface area contributed by atoms with Gasteiger partial charge in [0.05, 0.1) is 39.0 Å². The second-order valence-corrected chi connectivity index (χ2v) is 15.5. The first-order chi connectivity index (χ1) is 22.0. The van der Waals surface area contributed by atoms with E-state index in [9.17, 15) is 17.8 Å². The molecule has 0 saturated heterocycles. The summed E-state index contributed by atoms with van der Waals surface area (Å²) in [7, 11) is -4.49. The summed E-state index contributed by atoms with van der Waals surface area (Å²) in [4.78, 5) is 13.7. The number of benzene rings is 2. The molecule has 0 atom stereocenters. The second-order valence-electron chi connectivity index (χ2n) is 10.2. The van der Waals surface area contributed by atoms with E-state index in [1.807, 2.05) is 11.4 Å². The number of thiophene rings is 2. The van der Waals surface area contributed by atoms with E-state index in [1.54, 1.807) is 35.0 Å². The van der Waals surface area contributed by atoms with Crippen LogP contribution in [0.3, 0.4) is 0 Å². The van der Waals surface area contributed by atoms with E-state index >= 15 is 0 Å². The predicted molar refractivity (Wildman–Crippen MR) is 180 cm³/mol. The lowest BCUT2D eigenvalue weighted by atomic mass is 10.1. The van der Waals surface area contributed by atoms with E-state index in [0.717, 1.165) is 16.0 Å². The third kappa shape index (κ3) is 4.85. The van der Waals surface area contributed by atoms with Crippen LogP contribution in [0, 0.1) is 0 Å². The van der Waals surface area contributed by atoms with E-state index in [4.69, 9.17) is 60.3 Å². The van der Waals surface area contributed by atoms with Crippen molar-refractivity contribution in [3.8, 4) is 11.4 Å². The van der Waals surface area contributed by atoms with E-state index in [0.29, 0.717) is 64.7 Å². The summed E-state index contributed by atoms with van der Waals surface area (Å²) in [6.07, 6.45) is -0.265. The van der Waals surface area contributed by atoms with Gasteiger partial charge in [0.1, 0.15) is 44.1 Å². The molecule has 1 N–H and O–H groups in total. The van der Waals surface area contributed by atoms with Crippen molar-refractivity contribution in [3.63, 3.8) is 0 Å². The Balaban J connectivity index is 1.22. The maximum atomic E-state index is 13.7. The van der Waals surface area contributed by atoms with Crippen LogP contribution in [-0.4, -0.2) is 38.3 Å². The van der Waals surface area contributed by atoms with Crippen LogP contribution < -0.4 is 0 Å². The number of rotatable bonds is 7. The minimum absolute atomic E-state index is 0.104. The molecular formula is C29H14Cl4N4O6S3. The molecule has 0 bridgehead atoms. The van der Waals surface area contributed by atoms with Crippen LogP contribution >= 0.6 is 69.1 Å². The number of halogens is 4. The summed E-state index contributed by atoms with van der Waals surface area (Å²) in [6.45, 7) is 0. The molecule has 0 spiro atoms. The molecule has 0 radical (unpaired) electrons. The van der Waals surface area contributed by atoms with Gasteiger partial charge in [-0.25, -0.2) is 9.36 Å². The fourth-order valence-electron chi connectivity index (χ4n) is 5.32. The van der Waals surface area contributed by atoms with Crippen molar-refractivity contribution >= 4 is 128 Å². The average Bonchev–Trinajstić information content (AvgIpc) is 3.79. The molecule has 0 fully saturated rings. The number of fused-ring (bicyclic) bond motifs is 6. The van der Waals surface area contributed by atoms with E-state index in [-0.39, 0.29) is 39.0 Å². The van der Waals surface area contributed by atoms with E-state index in [1.165, 1.54) is 28.2 Å². The minimum Gasteiger partial charge on any atom is -0.451 e. The lowest BCUT2D eigenvalue weighted by Crippen LogP contribution is -2.09. The minimum atomic E-state index is -4.49. The van der Waals surface area contributed by atoms with Crippen molar-refractivity contribution in [2.45, 2.75) is 17.1 Å². The number of carbonyl (C=O) groups excluding carboxylic acids is 1. The molecule has 46 heavy (non-hydrogen) atoms. The molecule has 0 saturated carbocycles. The molecule has 8 aromatic rings. The third-order valence-electron chi connectivity index (χ3n) is 7.24. The normalized spacial score (nSPS) is 12.5. The zero-order valence-corrected chi connectivity index (χ0v) is 28.1. The highest BCUT2D eigenvalue weighted by Gasteiger charge is 2.28. The maximum Gasteiger partial charge on any atom is 0.304 e. The molecular weight excluding hydrogens is 738 g/mol. The number of hydrogen-bond acceptors (Lipinski definition) is 9. The molecule has 6 heterocycles. The van der Waals surface area contributed by atoms with Crippen LogP contribution in [-0.2, 0) is 27.8 Å². The number of furan rings is 2. The Hall–Kier alpha value is -3.40. The molecule has 8 rings (SSSR count). The Bertz CT molecular complexity index is 2660. The van der Waals surface area contributed by atoms with Crippen LogP contribution in [0.4, 0.5) is 0 Å². The summed E-state index contributed by atoms with van der Waals surface area (Å²) in [6, 6.07) is 12.9. The summed E-state index contributed by atoms with van der Waals surface area (Å²) in [5, 5.41) is 12.8. The van der Waals surface area contributed by atoms with Crippen molar-refractivity contribution in [1.82, 2.24) is 19.6 Å². The Morgan fingerprint density at radius 3 is 1.87 bits per heavy atom. The first-order valence-electron chi connectivity index (χ1n) is 13.2. The quantitative estimate of drug-likeness (QED) is 0.159. The smallest absolute Gasteiger partial charge is 0.304 e. The summed E-state index contributed by atoms with van der Waals surface area (Å²) in [5.41, 5.74) is 4.36. The van der Waals surface area contributed by atoms with Gasteiger partial charge in [-0.15, -0.1) is 22.7 Å². The van der Waals surface area contributed by atoms with Gasteiger partial charge in [-0.05, 0) is 47.8 Å². The zero-order chi connectivity index (χ0) is 32.1. The topological polar surface area (TPSA) is 133 Å². The lowest BCUT2D eigenvalue weighted by Gasteiger charge is -2.06. The van der Waals surface area contributed by atoms with Crippen molar-refractivity contribution in [3.05, 3.63) is 85.4 Å². The lowest BCUT2D eigenvalue weighted by molar-refractivity contribution is -0.117. The molecule has 0 aliphatic rings. The van der Waals surface area contributed by atoms with Crippen LogP contribution in [0.15, 0.2) is 67.0 Å². The number of nitrogens with zero attached hydrogens (tertiary/aromatic N) is 4. The first kappa shape index (κ1) is 30.0. The number of hydrogen-bond donors (Lipinski definition) is 1. The highest BCUT2D eigenvalue weighted by molar-refractivity contribution is 7.88. The number of carbonyl (C=O) groups is 1. The Morgan fingerprint density at radius 2 is 1.33 bits per heavy atom. The van der Waals surface area contributed by atoms with E-state index < -0.39 is 10.1 Å². The summed E-state index contributed by atoms with van der Waals surface area (Å²) >= 11 is 27.6. The van der Waals surface area contributed by atoms with Crippen LogP contribution in [0.2, 0.25) is 20.1 Å². The number of Topliss-reactive ketones (excluding diaryl/α,β-unsaturated/α-hetero) is 1. The van der Waals surface area contributed by atoms with Gasteiger partial charge < -0.3 is 8.83 Å². The highest BCUT2D eigenvalue weighted by atomic mass is 35.5. The van der Waals surface area contributed by atoms with Gasteiger partial charge in [-0.2, -0.15) is 18.6 Å². The standard InChI is InChI=1S/C29H14Cl4N4O6S3/c30-12-1-3-19(15(32)7-12)36-24-26(42-21-5-6-44-28(21)24)17(34-36)9-14(38)10-18-27-25(29-22(43-27)11-23(45-29)46(39,40)41)37(35-18)20-4-2-13(31)8-16(20)33/h1-8,11H,9-10H2,(H,39,40,41). The van der Waals surface area contributed by atoms with Crippen LogP contribution in [0.5, 0.6) is 0 Å². The zero-order valence-electron chi connectivity index (χ0n) is 22.6. The van der Waals surface area contributed by atoms with Gasteiger partial charge in [0.25, 0.3) is 0 Å². The Labute approximate surface area is 286 Å². The monoisotopic (exact) mass is 750 g/mol. The second kappa shape index (κ2) is 10.8. The first-order valence-corrected chi connectivity index (χ1v) is 17.8. The van der Waals surface area contributed by atoms with Crippen molar-refractivity contribution in [2.75, 3.05) is 0 Å². The van der Waals surface area contributed by atoms with Gasteiger partial charge in [-0.3, -0.25) is 9.35 Å². The predicted octanol–water partition coefficient (Wildman–Crippen LogP) is 9.19. The van der Waals surface area contributed by atoms with Crippen molar-refractivity contribution in [1.29, 1.82) is 0 Å². The molecule has 10 nitrogen and oxygen atoms in total. The summed E-state index contributed by atoms with van der Waals surface area (Å²) < 4.78 is 49.6. The van der Waals surface area contributed by atoms with Gasteiger partial charge in [0.2, 0.25) is 0 Å². The summed E-state index contributed by atoms with van der Waals surface area (Å²) in [5.74, 6) is -0.249. The highest BCUT2D eigenvalue weighted by Crippen LogP contribution is 2.41. The fourth-order valence-corrected chi connectivity index (χ4v) is 8.92. The Kier molecular flexibility index (Phi) is 7.05. The molecule has 17 heteroatoms. The largest absolute Gasteiger partial charge is 0.451 e.